The first-order valence-corrected chi connectivity index (χ1v) is 11.2. The summed E-state index contributed by atoms with van der Waals surface area (Å²) in [6.45, 7) is 6.89. The number of hydrogen-bond donors (Lipinski definition) is 1. The molecule has 2 N–H and O–H groups in total. The van der Waals surface area contributed by atoms with E-state index in [1.165, 1.54) is 25.6 Å². The summed E-state index contributed by atoms with van der Waals surface area (Å²) in [5.41, 5.74) is 6.08. The number of methoxy groups -OCH3 is 1. The lowest BCUT2D eigenvalue weighted by Crippen LogP contribution is -2.34. The molecule has 1 saturated carbocycles. The molecule has 1 aliphatic heterocycles. The predicted molar refractivity (Wildman–Crippen MR) is 120 cm³/mol. The van der Waals surface area contributed by atoms with Crippen molar-refractivity contribution in [1.82, 2.24) is 10.1 Å². The predicted octanol–water partition coefficient (Wildman–Crippen LogP) is 4.14. The van der Waals surface area contributed by atoms with Gasteiger partial charge < -0.3 is 24.6 Å². The van der Waals surface area contributed by atoms with Gasteiger partial charge in [0.1, 0.15) is 17.2 Å². The molecule has 1 aromatic carbocycles. The van der Waals surface area contributed by atoms with Gasteiger partial charge in [0.25, 0.3) is 0 Å². The molecule has 8 nitrogen and oxygen atoms in total. The SMILES string of the molecule is COc1cc(OCCC2CC2C2CCN(c3nc(C(C)C)no3)CC2)ccc1N=CN. The van der Waals surface area contributed by atoms with E-state index in [2.05, 4.69) is 33.9 Å². The van der Waals surface area contributed by atoms with Crippen molar-refractivity contribution in [3.8, 4) is 11.5 Å². The van der Waals surface area contributed by atoms with Gasteiger partial charge in [-0.05, 0) is 55.6 Å². The molecule has 1 saturated heterocycles. The molecule has 2 aliphatic rings. The van der Waals surface area contributed by atoms with Gasteiger partial charge in [0, 0.05) is 25.1 Å². The molecule has 2 atom stereocenters. The number of nitrogens with two attached hydrogens (primary N) is 1. The zero-order valence-corrected chi connectivity index (χ0v) is 18.7. The minimum absolute atomic E-state index is 0.294. The number of hydrogen-bond acceptors (Lipinski definition) is 7. The third kappa shape index (κ3) is 5.11. The molecule has 8 heteroatoms. The van der Waals surface area contributed by atoms with Gasteiger partial charge in [-0.1, -0.05) is 19.0 Å². The second-order valence-corrected chi connectivity index (χ2v) is 8.82. The summed E-state index contributed by atoms with van der Waals surface area (Å²) >= 11 is 0. The van der Waals surface area contributed by atoms with Gasteiger partial charge >= 0.3 is 6.01 Å². The normalized spacial score (nSPS) is 21.7. The first-order valence-electron chi connectivity index (χ1n) is 11.2. The quantitative estimate of drug-likeness (QED) is 0.474. The van der Waals surface area contributed by atoms with Crippen LogP contribution in [-0.2, 0) is 0 Å². The number of benzene rings is 1. The topological polar surface area (TPSA) is 99.0 Å². The van der Waals surface area contributed by atoms with Crippen LogP contribution in [0.2, 0.25) is 0 Å². The number of nitrogens with zero attached hydrogens (tertiary/aromatic N) is 4. The molecule has 4 rings (SSSR count). The van der Waals surface area contributed by atoms with Gasteiger partial charge in [-0.2, -0.15) is 4.98 Å². The number of aliphatic imine (C=N–C) groups is 1. The summed E-state index contributed by atoms with van der Waals surface area (Å²) in [6.07, 6.45) is 6.07. The Morgan fingerprint density at radius 2 is 2.13 bits per heavy atom. The highest BCUT2D eigenvalue weighted by atomic mass is 16.5. The van der Waals surface area contributed by atoms with Crippen LogP contribution in [0, 0.1) is 17.8 Å². The summed E-state index contributed by atoms with van der Waals surface area (Å²) in [7, 11) is 1.62. The third-order valence-electron chi connectivity index (χ3n) is 6.46. The summed E-state index contributed by atoms with van der Waals surface area (Å²) in [4.78, 5) is 10.9. The molecule has 0 spiro atoms. The van der Waals surface area contributed by atoms with E-state index in [0.29, 0.717) is 23.4 Å². The maximum atomic E-state index is 5.97. The Morgan fingerprint density at radius 3 is 2.81 bits per heavy atom. The van der Waals surface area contributed by atoms with Crippen molar-refractivity contribution < 1.29 is 14.0 Å². The second kappa shape index (κ2) is 9.58. The third-order valence-corrected chi connectivity index (χ3v) is 6.46. The highest BCUT2D eigenvalue weighted by Crippen LogP contribution is 2.50. The lowest BCUT2D eigenvalue weighted by atomic mass is 9.90. The van der Waals surface area contributed by atoms with Crippen LogP contribution in [0.1, 0.15) is 51.3 Å². The Labute approximate surface area is 183 Å². The average Bonchev–Trinajstić information content (AvgIpc) is 3.37. The van der Waals surface area contributed by atoms with Gasteiger partial charge in [0.05, 0.1) is 20.1 Å². The molecule has 1 aromatic heterocycles. The Bertz CT molecular complexity index is 889. The van der Waals surface area contributed by atoms with Crippen molar-refractivity contribution in [2.75, 3.05) is 31.7 Å². The van der Waals surface area contributed by atoms with Gasteiger partial charge in [-0.25, -0.2) is 4.99 Å². The number of piperidine rings is 1. The summed E-state index contributed by atoms with van der Waals surface area (Å²) in [5.74, 6) is 4.95. The summed E-state index contributed by atoms with van der Waals surface area (Å²) < 4.78 is 16.8. The van der Waals surface area contributed by atoms with Gasteiger partial charge in [0.15, 0.2) is 5.82 Å². The van der Waals surface area contributed by atoms with Gasteiger partial charge in [-0.3, -0.25) is 0 Å². The minimum Gasteiger partial charge on any atom is -0.494 e. The highest BCUT2D eigenvalue weighted by Gasteiger charge is 2.43. The van der Waals surface area contributed by atoms with E-state index in [0.717, 1.165) is 55.4 Å². The zero-order valence-electron chi connectivity index (χ0n) is 18.7. The van der Waals surface area contributed by atoms with Crippen LogP contribution in [-0.4, -0.2) is 43.3 Å². The van der Waals surface area contributed by atoms with Crippen molar-refractivity contribution in [3.63, 3.8) is 0 Å². The standard InChI is InChI=1S/C23H33N5O3/c1-15(2)22-26-23(31-27-22)28-9-6-16(7-10-28)19-12-17(19)8-11-30-18-4-5-20(25-14-24)21(13-18)29-3/h4-5,13-17,19H,6-12H2,1-3H3,(H2,24,25). The van der Waals surface area contributed by atoms with Crippen LogP contribution >= 0.6 is 0 Å². The Balaban J connectivity index is 1.19. The highest BCUT2D eigenvalue weighted by molar-refractivity contribution is 5.64. The van der Waals surface area contributed by atoms with E-state index in [-0.39, 0.29) is 0 Å². The lowest BCUT2D eigenvalue weighted by Gasteiger charge is -2.30. The van der Waals surface area contributed by atoms with Crippen LogP contribution < -0.4 is 20.1 Å². The summed E-state index contributed by atoms with van der Waals surface area (Å²) in [5, 5.41) is 4.09. The molecule has 168 valence electrons. The first-order chi connectivity index (χ1) is 15.1. The zero-order chi connectivity index (χ0) is 21.8. The van der Waals surface area contributed by atoms with Crippen molar-refractivity contribution in [3.05, 3.63) is 24.0 Å². The smallest absolute Gasteiger partial charge is 0.324 e. The van der Waals surface area contributed by atoms with Gasteiger partial charge in [-0.15, -0.1) is 0 Å². The van der Waals surface area contributed by atoms with Crippen molar-refractivity contribution in [1.29, 1.82) is 0 Å². The molecular weight excluding hydrogens is 394 g/mol. The monoisotopic (exact) mass is 427 g/mol. The van der Waals surface area contributed by atoms with E-state index >= 15 is 0 Å². The number of rotatable bonds is 9. The van der Waals surface area contributed by atoms with Crippen molar-refractivity contribution in [2.45, 2.75) is 45.4 Å². The van der Waals surface area contributed by atoms with Crippen molar-refractivity contribution >= 4 is 18.0 Å². The van der Waals surface area contributed by atoms with E-state index in [1.54, 1.807) is 7.11 Å². The lowest BCUT2D eigenvalue weighted by molar-refractivity contribution is 0.281. The fourth-order valence-corrected chi connectivity index (χ4v) is 4.55. The second-order valence-electron chi connectivity index (χ2n) is 8.82. The van der Waals surface area contributed by atoms with Crippen LogP contribution in [0.25, 0.3) is 0 Å². The number of ether oxygens (including phenoxy) is 2. The molecule has 2 aromatic rings. The van der Waals surface area contributed by atoms with Crippen LogP contribution in [0.4, 0.5) is 11.7 Å². The number of aromatic nitrogens is 2. The molecule has 0 bridgehead atoms. The van der Waals surface area contributed by atoms with E-state index in [1.807, 2.05) is 18.2 Å². The van der Waals surface area contributed by atoms with E-state index in [4.69, 9.17) is 19.7 Å². The van der Waals surface area contributed by atoms with Crippen LogP contribution in [0.5, 0.6) is 11.5 Å². The maximum Gasteiger partial charge on any atom is 0.324 e. The Hall–Kier alpha value is -2.77. The maximum absolute atomic E-state index is 5.97. The Kier molecular flexibility index (Phi) is 6.63. The molecule has 2 heterocycles. The molecule has 2 fully saturated rings. The first kappa shape index (κ1) is 21.5. The Morgan fingerprint density at radius 1 is 1.32 bits per heavy atom. The van der Waals surface area contributed by atoms with Crippen molar-refractivity contribution in [2.24, 2.45) is 28.5 Å². The average molecular weight is 428 g/mol. The fourth-order valence-electron chi connectivity index (χ4n) is 4.55. The van der Waals surface area contributed by atoms with E-state index in [9.17, 15) is 0 Å². The molecule has 2 unspecified atom stereocenters. The molecule has 0 radical (unpaired) electrons. The largest absolute Gasteiger partial charge is 0.494 e. The summed E-state index contributed by atoms with van der Waals surface area (Å²) in [6, 6.07) is 6.32. The fraction of sp³-hybridized carbons (Fsp3) is 0.609. The van der Waals surface area contributed by atoms with E-state index < -0.39 is 0 Å². The van der Waals surface area contributed by atoms with Crippen LogP contribution in [0.3, 0.4) is 0 Å². The number of anilines is 1. The molecule has 31 heavy (non-hydrogen) atoms. The molecule has 0 amide bonds. The molecular formula is C23H33N5O3. The van der Waals surface area contributed by atoms with Crippen LogP contribution in [0.15, 0.2) is 27.7 Å². The minimum atomic E-state index is 0.294. The van der Waals surface area contributed by atoms with Gasteiger partial charge in [0.2, 0.25) is 0 Å². The molecule has 1 aliphatic carbocycles.